The lowest BCUT2D eigenvalue weighted by molar-refractivity contribution is -0.122. The van der Waals surface area contributed by atoms with Crippen molar-refractivity contribution in [1.82, 2.24) is 4.98 Å². The van der Waals surface area contributed by atoms with Crippen LogP contribution in [0.1, 0.15) is 12.5 Å². The summed E-state index contributed by atoms with van der Waals surface area (Å²) in [6, 6.07) is 8.47. The second kappa shape index (κ2) is 6.78. The number of ether oxygens (including phenoxy) is 1. The van der Waals surface area contributed by atoms with E-state index in [2.05, 4.69) is 10.3 Å². The highest BCUT2D eigenvalue weighted by molar-refractivity contribution is 6.34. The lowest BCUT2D eigenvalue weighted by atomic mass is 10.2. The Hall–Kier alpha value is -1.78. The van der Waals surface area contributed by atoms with Crippen LogP contribution in [-0.4, -0.2) is 17.0 Å². The molecule has 0 bridgehead atoms. The Kier molecular flexibility index (Phi) is 5.04. The third-order valence-corrected chi connectivity index (χ3v) is 3.21. The molecule has 0 spiro atoms. The first kappa shape index (κ1) is 15.6. The van der Waals surface area contributed by atoms with E-state index in [1.807, 2.05) is 13.0 Å². The molecule has 0 aliphatic carbocycles. The Bertz CT molecular complexity index is 642. The summed E-state index contributed by atoms with van der Waals surface area (Å²) in [5.41, 5.74) is 0.879. The number of aromatic nitrogens is 1. The molecule has 2 rings (SSSR count). The van der Waals surface area contributed by atoms with Gasteiger partial charge in [-0.2, -0.15) is 0 Å². The molecular weight excluding hydrogens is 311 g/mol. The zero-order valence-electron chi connectivity index (χ0n) is 11.6. The third-order valence-electron chi connectivity index (χ3n) is 2.77. The summed E-state index contributed by atoms with van der Waals surface area (Å²) in [5, 5.41) is 3.62. The van der Waals surface area contributed by atoms with Crippen LogP contribution in [0.3, 0.4) is 0 Å². The quantitative estimate of drug-likeness (QED) is 0.921. The number of hydrogen-bond donors (Lipinski definition) is 1. The van der Waals surface area contributed by atoms with Gasteiger partial charge >= 0.3 is 0 Å². The molecule has 1 N–H and O–H groups in total. The van der Waals surface area contributed by atoms with Gasteiger partial charge in [-0.3, -0.25) is 4.79 Å². The summed E-state index contributed by atoms with van der Waals surface area (Å²) < 4.78 is 5.54. The number of hydrogen-bond acceptors (Lipinski definition) is 3. The highest BCUT2D eigenvalue weighted by atomic mass is 35.5. The van der Waals surface area contributed by atoms with Crippen molar-refractivity contribution in [2.45, 2.75) is 20.0 Å². The summed E-state index contributed by atoms with van der Waals surface area (Å²) in [7, 11) is 0. The van der Waals surface area contributed by atoms with Crippen molar-refractivity contribution in [2.24, 2.45) is 0 Å². The highest BCUT2D eigenvalue weighted by Gasteiger charge is 2.16. The molecule has 1 unspecified atom stereocenters. The van der Waals surface area contributed by atoms with Gasteiger partial charge in [0.1, 0.15) is 11.6 Å². The van der Waals surface area contributed by atoms with Crippen LogP contribution in [0.4, 0.5) is 5.82 Å². The average molecular weight is 325 g/mol. The van der Waals surface area contributed by atoms with Crippen molar-refractivity contribution in [3.63, 3.8) is 0 Å². The maximum absolute atomic E-state index is 12.1. The minimum absolute atomic E-state index is 0.298. The van der Waals surface area contributed by atoms with Crippen LogP contribution in [0.15, 0.2) is 36.5 Å². The van der Waals surface area contributed by atoms with Gasteiger partial charge in [0.2, 0.25) is 0 Å². The molecule has 4 nitrogen and oxygen atoms in total. The number of rotatable bonds is 4. The number of carbonyl (C=O) groups is 1. The largest absolute Gasteiger partial charge is 0.481 e. The fourth-order valence-electron chi connectivity index (χ4n) is 1.69. The maximum atomic E-state index is 12.1. The van der Waals surface area contributed by atoms with Crippen LogP contribution in [0.2, 0.25) is 10.0 Å². The van der Waals surface area contributed by atoms with E-state index in [4.69, 9.17) is 27.9 Å². The topological polar surface area (TPSA) is 51.2 Å². The van der Waals surface area contributed by atoms with Crippen LogP contribution in [0.25, 0.3) is 0 Å². The van der Waals surface area contributed by atoms with Crippen LogP contribution in [0, 0.1) is 6.92 Å². The van der Waals surface area contributed by atoms with Crippen molar-refractivity contribution in [1.29, 1.82) is 0 Å². The van der Waals surface area contributed by atoms with Gasteiger partial charge in [-0.1, -0.05) is 29.3 Å². The van der Waals surface area contributed by atoms with Gasteiger partial charge < -0.3 is 10.1 Å². The van der Waals surface area contributed by atoms with Crippen LogP contribution < -0.4 is 10.1 Å². The molecule has 1 aromatic carbocycles. The molecule has 1 heterocycles. The molecule has 1 atom stereocenters. The van der Waals surface area contributed by atoms with Gasteiger partial charge in [-0.15, -0.1) is 0 Å². The average Bonchev–Trinajstić information content (AvgIpc) is 2.40. The van der Waals surface area contributed by atoms with E-state index in [9.17, 15) is 4.79 Å². The Morgan fingerprint density at radius 1 is 1.29 bits per heavy atom. The van der Waals surface area contributed by atoms with E-state index >= 15 is 0 Å². The molecule has 6 heteroatoms. The molecular formula is C15H14Cl2N2O2. The predicted molar refractivity (Wildman–Crippen MR) is 84.2 cm³/mol. The smallest absolute Gasteiger partial charge is 0.266 e. The van der Waals surface area contributed by atoms with E-state index in [1.54, 1.807) is 37.4 Å². The number of aryl methyl sites for hydroxylation is 1. The Morgan fingerprint density at radius 2 is 1.95 bits per heavy atom. The van der Waals surface area contributed by atoms with Crippen molar-refractivity contribution < 1.29 is 9.53 Å². The van der Waals surface area contributed by atoms with Crippen molar-refractivity contribution >= 4 is 34.9 Å². The van der Waals surface area contributed by atoms with Crippen LogP contribution >= 0.6 is 23.2 Å². The number of carbonyl (C=O) groups excluding carboxylic acids is 1. The van der Waals surface area contributed by atoms with E-state index in [1.165, 1.54) is 0 Å². The third kappa shape index (κ3) is 4.34. The second-order valence-corrected chi connectivity index (χ2v) is 5.40. The summed E-state index contributed by atoms with van der Waals surface area (Å²) in [5.74, 6) is 0.655. The molecule has 0 radical (unpaired) electrons. The first-order valence-electron chi connectivity index (χ1n) is 6.31. The van der Waals surface area contributed by atoms with Crippen molar-refractivity contribution in [3.05, 3.63) is 52.1 Å². The zero-order valence-corrected chi connectivity index (χ0v) is 13.1. The molecule has 0 aliphatic rings. The minimum atomic E-state index is -0.707. The van der Waals surface area contributed by atoms with E-state index in [0.29, 0.717) is 21.6 Å². The standard InChI is InChI=1S/C15H14Cl2N2O2/c1-9-4-3-5-18-14(9)19-15(20)10(2)21-13-7-11(16)6-12(17)8-13/h3-8,10H,1-2H3,(H,18,19,20). The number of anilines is 1. The molecule has 0 saturated heterocycles. The monoisotopic (exact) mass is 324 g/mol. The predicted octanol–water partition coefficient (Wildman–Crippen LogP) is 4.10. The molecule has 0 saturated carbocycles. The van der Waals surface area contributed by atoms with Crippen LogP contribution in [0.5, 0.6) is 5.75 Å². The van der Waals surface area contributed by atoms with Crippen molar-refractivity contribution in [3.8, 4) is 5.75 Å². The lowest BCUT2D eigenvalue weighted by Crippen LogP contribution is -2.30. The van der Waals surface area contributed by atoms with E-state index in [0.717, 1.165) is 5.56 Å². The second-order valence-electron chi connectivity index (χ2n) is 4.52. The molecule has 21 heavy (non-hydrogen) atoms. The van der Waals surface area contributed by atoms with Gasteiger partial charge in [0.15, 0.2) is 6.10 Å². The Labute approximate surface area is 133 Å². The number of nitrogens with zero attached hydrogens (tertiary/aromatic N) is 1. The van der Waals surface area contributed by atoms with Gasteiger partial charge in [0, 0.05) is 16.2 Å². The van der Waals surface area contributed by atoms with E-state index < -0.39 is 6.10 Å². The SMILES string of the molecule is Cc1cccnc1NC(=O)C(C)Oc1cc(Cl)cc(Cl)c1. The highest BCUT2D eigenvalue weighted by Crippen LogP contribution is 2.25. The number of nitrogens with one attached hydrogen (secondary N) is 1. The Morgan fingerprint density at radius 3 is 2.57 bits per heavy atom. The van der Waals surface area contributed by atoms with Crippen LogP contribution in [-0.2, 0) is 4.79 Å². The minimum Gasteiger partial charge on any atom is -0.481 e. The van der Waals surface area contributed by atoms with Gasteiger partial charge in [-0.05, 0) is 43.7 Å². The van der Waals surface area contributed by atoms with E-state index in [-0.39, 0.29) is 5.91 Å². The number of benzene rings is 1. The molecule has 1 aromatic heterocycles. The molecule has 0 aliphatic heterocycles. The number of halogens is 2. The maximum Gasteiger partial charge on any atom is 0.266 e. The molecule has 0 fully saturated rings. The number of amides is 1. The van der Waals surface area contributed by atoms with Gasteiger partial charge in [0.25, 0.3) is 5.91 Å². The van der Waals surface area contributed by atoms with Crippen molar-refractivity contribution in [2.75, 3.05) is 5.32 Å². The molecule has 110 valence electrons. The zero-order chi connectivity index (χ0) is 15.4. The normalized spacial score (nSPS) is 11.8. The summed E-state index contributed by atoms with van der Waals surface area (Å²) >= 11 is 11.8. The fourth-order valence-corrected chi connectivity index (χ4v) is 2.20. The summed E-state index contributed by atoms with van der Waals surface area (Å²) in [6.07, 6.45) is 0.908. The van der Waals surface area contributed by atoms with Gasteiger partial charge in [0.05, 0.1) is 0 Å². The van der Waals surface area contributed by atoms with Gasteiger partial charge in [-0.25, -0.2) is 4.98 Å². The summed E-state index contributed by atoms with van der Waals surface area (Å²) in [6.45, 7) is 3.51. The molecule has 2 aromatic rings. The lowest BCUT2D eigenvalue weighted by Gasteiger charge is -2.15. The Balaban J connectivity index is 2.04. The summed E-state index contributed by atoms with van der Waals surface area (Å²) in [4.78, 5) is 16.2. The first-order chi connectivity index (χ1) is 9.95. The molecule has 1 amide bonds. The number of pyridine rings is 1. The first-order valence-corrected chi connectivity index (χ1v) is 7.06. The fraction of sp³-hybridized carbons (Fsp3) is 0.200.